The van der Waals surface area contributed by atoms with E-state index >= 15 is 0 Å². The van der Waals surface area contributed by atoms with Crippen molar-refractivity contribution in [3.63, 3.8) is 0 Å². The molecule has 26 heavy (non-hydrogen) atoms. The first-order valence-electron chi connectivity index (χ1n) is 8.45. The highest BCUT2D eigenvalue weighted by molar-refractivity contribution is 7.13. The second-order valence-electron chi connectivity index (χ2n) is 6.13. The molecule has 1 aromatic carbocycles. The molecule has 1 amide bonds. The lowest BCUT2D eigenvalue weighted by atomic mass is 9.92. The van der Waals surface area contributed by atoms with Crippen LogP contribution in [0.4, 0.5) is 0 Å². The van der Waals surface area contributed by atoms with Crippen LogP contribution in [-0.2, 0) is 27.4 Å². The number of thiophene rings is 1. The standard InChI is InChI=1S/C19H21NO5S/c21-17(22)16-7-6-15(26-16)12-20-18(23)19(8-10-24-11-9-19)25-13-14-4-2-1-3-5-14/h1-7H,8-13H2,(H,20,23)(H,21,22). The molecule has 1 aliphatic rings. The Bertz CT molecular complexity index is 752. The number of carboxylic acids is 1. The average molecular weight is 375 g/mol. The van der Waals surface area contributed by atoms with Crippen LogP contribution in [0.1, 0.15) is 33.0 Å². The molecule has 1 saturated heterocycles. The van der Waals surface area contributed by atoms with E-state index in [0.717, 1.165) is 21.8 Å². The van der Waals surface area contributed by atoms with Gasteiger partial charge in [0.05, 0.1) is 13.2 Å². The molecule has 0 bridgehead atoms. The third-order valence-corrected chi connectivity index (χ3v) is 5.44. The Hall–Kier alpha value is -2.22. The number of amides is 1. The number of benzene rings is 1. The van der Waals surface area contributed by atoms with Crippen molar-refractivity contribution in [2.45, 2.75) is 31.6 Å². The first kappa shape index (κ1) is 18.6. The van der Waals surface area contributed by atoms with E-state index in [-0.39, 0.29) is 17.3 Å². The van der Waals surface area contributed by atoms with Crippen molar-refractivity contribution >= 4 is 23.2 Å². The van der Waals surface area contributed by atoms with Gasteiger partial charge < -0.3 is 19.9 Å². The molecule has 0 unspecified atom stereocenters. The van der Waals surface area contributed by atoms with E-state index in [0.29, 0.717) is 32.7 Å². The topological polar surface area (TPSA) is 84.9 Å². The lowest BCUT2D eigenvalue weighted by molar-refractivity contribution is -0.163. The molecule has 2 aromatic rings. The maximum absolute atomic E-state index is 12.9. The van der Waals surface area contributed by atoms with Crippen molar-refractivity contribution in [3.8, 4) is 0 Å². The normalized spacial score (nSPS) is 16.2. The van der Waals surface area contributed by atoms with Gasteiger partial charge in [-0.25, -0.2) is 4.79 Å². The van der Waals surface area contributed by atoms with E-state index in [9.17, 15) is 9.59 Å². The van der Waals surface area contributed by atoms with Gasteiger partial charge in [0.2, 0.25) is 0 Å². The lowest BCUT2D eigenvalue weighted by Crippen LogP contribution is -2.51. The lowest BCUT2D eigenvalue weighted by Gasteiger charge is -2.35. The quantitative estimate of drug-likeness (QED) is 0.777. The smallest absolute Gasteiger partial charge is 0.345 e. The molecule has 7 heteroatoms. The van der Waals surface area contributed by atoms with Gasteiger partial charge in [-0.3, -0.25) is 4.79 Å². The zero-order chi connectivity index (χ0) is 18.4. The molecule has 138 valence electrons. The summed E-state index contributed by atoms with van der Waals surface area (Å²) in [5.41, 5.74) is 0.0940. The predicted molar refractivity (Wildman–Crippen MR) is 97.1 cm³/mol. The minimum absolute atomic E-state index is 0.179. The molecule has 3 rings (SSSR count). The van der Waals surface area contributed by atoms with Crippen LogP contribution in [0.5, 0.6) is 0 Å². The highest BCUT2D eigenvalue weighted by atomic mass is 32.1. The van der Waals surface area contributed by atoms with Crippen LogP contribution in [0.2, 0.25) is 0 Å². The average Bonchev–Trinajstić information content (AvgIpc) is 3.15. The van der Waals surface area contributed by atoms with Crippen molar-refractivity contribution in [3.05, 3.63) is 57.8 Å². The molecule has 1 fully saturated rings. The summed E-state index contributed by atoms with van der Waals surface area (Å²) in [5.74, 6) is -1.14. The van der Waals surface area contributed by atoms with E-state index in [2.05, 4.69) is 5.32 Å². The van der Waals surface area contributed by atoms with E-state index in [1.807, 2.05) is 30.3 Å². The third kappa shape index (κ3) is 4.49. The van der Waals surface area contributed by atoms with Gasteiger partial charge in [0, 0.05) is 30.9 Å². The molecule has 6 nitrogen and oxygen atoms in total. The maximum Gasteiger partial charge on any atom is 0.345 e. The van der Waals surface area contributed by atoms with Gasteiger partial charge in [-0.2, -0.15) is 0 Å². The number of carbonyl (C=O) groups excluding carboxylic acids is 1. The van der Waals surface area contributed by atoms with Gasteiger partial charge in [-0.1, -0.05) is 30.3 Å². The van der Waals surface area contributed by atoms with Gasteiger partial charge in [-0.05, 0) is 17.7 Å². The number of ether oxygens (including phenoxy) is 2. The Labute approximate surface area is 155 Å². The van der Waals surface area contributed by atoms with E-state index in [1.165, 1.54) is 0 Å². The molecule has 2 N–H and O–H groups in total. The van der Waals surface area contributed by atoms with Crippen LogP contribution < -0.4 is 5.32 Å². The summed E-state index contributed by atoms with van der Waals surface area (Å²) in [6.45, 7) is 1.60. The van der Waals surface area contributed by atoms with E-state index in [4.69, 9.17) is 14.6 Å². The van der Waals surface area contributed by atoms with Crippen LogP contribution in [-0.4, -0.2) is 35.8 Å². The van der Waals surface area contributed by atoms with E-state index < -0.39 is 11.6 Å². The second kappa shape index (κ2) is 8.44. The maximum atomic E-state index is 12.9. The Morgan fingerprint density at radius 1 is 1.15 bits per heavy atom. The first-order valence-corrected chi connectivity index (χ1v) is 9.27. The molecule has 2 heterocycles. The summed E-state index contributed by atoms with van der Waals surface area (Å²) in [6.07, 6.45) is 0.993. The van der Waals surface area contributed by atoms with Gasteiger partial charge in [0.1, 0.15) is 4.88 Å². The summed E-state index contributed by atoms with van der Waals surface area (Å²) in [5, 5.41) is 11.9. The minimum Gasteiger partial charge on any atom is -0.477 e. The van der Waals surface area contributed by atoms with E-state index in [1.54, 1.807) is 12.1 Å². The second-order valence-corrected chi connectivity index (χ2v) is 7.30. The zero-order valence-electron chi connectivity index (χ0n) is 14.3. The highest BCUT2D eigenvalue weighted by Crippen LogP contribution is 2.27. The molecule has 1 aromatic heterocycles. The summed E-state index contributed by atoms with van der Waals surface area (Å²) in [6, 6.07) is 13.0. The van der Waals surface area contributed by atoms with Crippen molar-refractivity contribution < 1.29 is 24.2 Å². The van der Waals surface area contributed by atoms with Crippen LogP contribution in [0.25, 0.3) is 0 Å². The van der Waals surface area contributed by atoms with Crippen molar-refractivity contribution in [2.24, 2.45) is 0 Å². The molecule has 1 aliphatic heterocycles. The van der Waals surface area contributed by atoms with Crippen LogP contribution in [0, 0.1) is 0 Å². The van der Waals surface area contributed by atoms with Gasteiger partial charge in [0.25, 0.3) is 5.91 Å². The number of hydrogen-bond donors (Lipinski definition) is 2. The number of hydrogen-bond acceptors (Lipinski definition) is 5. The van der Waals surface area contributed by atoms with Crippen LogP contribution in [0.3, 0.4) is 0 Å². The number of aromatic carboxylic acids is 1. The van der Waals surface area contributed by atoms with Crippen molar-refractivity contribution in [1.29, 1.82) is 0 Å². The Kier molecular flexibility index (Phi) is 6.03. The minimum atomic E-state index is -0.959. The van der Waals surface area contributed by atoms with Gasteiger partial charge in [-0.15, -0.1) is 11.3 Å². The summed E-state index contributed by atoms with van der Waals surface area (Å²) in [7, 11) is 0. The third-order valence-electron chi connectivity index (χ3n) is 4.37. The Morgan fingerprint density at radius 3 is 2.54 bits per heavy atom. The number of rotatable bonds is 7. The fraction of sp³-hybridized carbons (Fsp3) is 0.368. The molecular formula is C19H21NO5S. The SMILES string of the molecule is O=C(O)c1ccc(CNC(=O)C2(OCc3ccccc3)CCOCC2)s1. The highest BCUT2D eigenvalue weighted by Gasteiger charge is 2.41. The van der Waals surface area contributed by atoms with Crippen molar-refractivity contribution in [1.82, 2.24) is 5.32 Å². The fourth-order valence-electron chi connectivity index (χ4n) is 2.85. The summed E-state index contributed by atoms with van der Waals surface area (Å²) >= 11 is 1.16. The fourth-order valence-corrected chi connectivity index (χ4v) is 3.64. The zero-order valence-corrected chi connectivity index (χ0v) is 15.1. The first-order chi connectivity index (χ1) is 12.6. The van der Waals surface area contributed by atoms with Crippen LogP contribution >= 0.6 is 11.3 Å². The molecular weight excluding hydrogens is 354 g/mol. The Morgan fingerprint density at radius 2 is 1.88 bits per heavy atom. The number of nitrogens with one attached hydrogen (secondary N) is 1. The molecule has 0 radical (unpaired) electrons. The number of carboxylic acid groups (broad SMARTS) is 1. The monoisotopic (exact) mass is 375 g/mol. The van der Waals surface area contributed by atoms with Crippen LogP contribution in [0.15, 0.2) is 42.5 Å². The predicted octanol–water partition coefficient (Wildman–Crippen LogP) is 2.83. The molecule has 0 saturated carbocycles. The summed E-state index contributed by atoms with van der Waals surface area (Å²) < 4.78 is 11.5. The Balaban J connectivity index is 1.63. The van der Waals surface area contributed by atoms with Gasteiger partial charge in [0.15, 0.2) is 5.60 Å². The number of carbonyl (C=O) groups is 2. The molecule has 0 atom stereocenters. The van der Waals surface area contributed by atoms with Gasteiger partial charge >= 0.3 is 5.97 Å². The van der Waals surface area contributed by atoms with Crippen molar-refractivity contribution in [2.75, 3.05) is 13.2 Å². The molecule has 0 spiro atoms. The summed E-state index contributed by atoms with van der Waals surface area (Å²) in [4.78, 5) is 24.9. The largest absolute Gasteiger partial charge is 0.477 e. The molecule has 0 aliphatic carbocycles.